The van der Waals surface area contributed by atoms with Gasteiger partial charge in [-0.05, 0) is 18.1 Å². The lowest BCUT2D eigenvalue weighted by Gasteiger charge is -2.01. The van der Waals surface area contributed by atoms with E-state index >= 15 is 0 Å². The molecule has 0 amide bonds. The smallest absolute Gasteiger partial charge is 0.211 e. The molecule has 0 saturated heterocycles. The molecule has 0 unspecified atom stereocenters. The standard InChI is InChI=1S/C13H12N2O/c1-2-10-3-5-11(6-4-10)13(16)12-7-8-14-9-15-12/h3-9H,2H2,1H3. The molecule has 0 aliphatic rings. The molecule has 0 spiro atoms. The summed E-state index contributed by atoms with van der Waals surface area (Å²) in [7, 11) is 0. The van der Waals surface area contributed by atoms with Crippen LogP contribution in [-0.4, -0.2) is 15.8 Å². The molecule has 1 heterocycles. The Morgan fingerprint density at radius 1 is 1.19 bits per heavy atom. The minimum absolute atomic E-state index is 0.0648. The highest BCUT2D eigenvalue weighted by Gasteiger charge is 2.09. The highest BCUT2D eigenvalue weighted by molar-refractivity contribution is 6.07. The SMILES string of the molecule is CCc1ccc(C(=O)c2ccncn2)cc1. The third-order valence-corrected chi connectivity index (χ3v) is 2.44. The molecule has 1 aromatic heterocycles. The first-order chi connectivity index (χ1) is 7.81. The summed E-state index contributed by atoms with van der Waals surface area (Å²) in [5.74, 6) is -0.0648. The van der Waals surface area contributed by atoms with Gasteiger partial charge in [0.25, 0.3) is 0 Å². The number of hydrogen-bond donors (Lipinski definition) is 0. The third-order valence-electron chi connectivity index (χ3n) is 2.44. The molecule has 0 bridgehead atoms. The van der Waals surface area contributed by atoms with Crippen molar-refractivity contribution in [3.8, 4) is 0 Å². The summed E-state index contributed by atoms with van der Waals surface area (Å²) in [6, 6.07) is 9.23. The van der Waals surface area contributed by atoms with Crippen molar-refractivity contribution in [2.24, 2.45) is 0 Å². The Morgan fingerprint density at radius 2 is 1.94 bits per heavy atom. The van der Waals surface area contributed by atoms with Crippen LogP contribution in [0.25, 0.3) is 0 Å². The minimum Gasteiger partial charge on any atom is -0.287 e. The van der Waals surface area contributed by atoms with Crippen molar-refractivity contribution < 1.29 is 4.79 Å². The zero-order valence-corrected chi connectivity index (χ0v) is 9.05. The third kappa shape index (κ3) is 2.14. The van der Waals surface area contributed by atoms with Crippen LogP contribution in [0.15, 0.2) is 42.9 Å². The van der Waals surface area contributed by atoms with E-state index in [0.717, 1.165) is 6.42 Å². The van der Waals surface area contributed by atoms with Crippen molar-refractivity contribution in [2.75, 3.05) is 0 Å². The molecule has 3 heteroatoms. The molecule has 3 nitrogen and oxygen atoms in total. The van der Waals surface area contributed by atoms with E-state index in [-0.39, 0.29) is 5.78 Å². The molecule has 0 saturated carbocycles. The topological polar surface area (TPSA) is 42.9 Å². The Labute approximate surface area is 94.2 Å². The van der Waals surface area contributed by atoms with Crippen molar-refractivity contribution in [3.63, 3.8) is 0 Å². The van der Waals surface area contributed by atoms with Crippen LogP contribution in [-0.2, 0) is 6.42 Å². The van der Waals surface area contributed by atoms with Gasteiger partial charge in [0.15, 0.2) is 0 Å². The molecule has 80 valence electrons. The molecule has 0 fully saturated rings. The van der Waals surface area contributed by atoms with Crippen LogP contribution in [0.2, 0.25) is 0 Å². The molecule has 0 radical (unpaired) electrons. The molecule has 2 rings (SSSR count). The van der Waals surface area contributed by atoms with Gasteiger partial charge in [-0.3, -0.25) is 4.79 Å². The number of carbonyl (C=O) groups is 1. The number of hydrogen-bond acceptors (Lipinski definition) is 3. The summed E-state index contributed by atoms with van der Waals surface area (Å²) in [5.41, 5.74) is 2.31. The van der Waals surface area contributed by atoms with Gasteiger partial charge < -0.3 is 0 Å². The van der Waals surface area contributed by atoms with Gasteiger partial charge in [0, 0.05) is 11.8 Å². The fourth-order valence-corrected chi connectivity index (χ4v) is 1.46. The Bertz CT molecular complexity index is 477. The van der Waals surface area contributed by atoms with E-state index in [0.29, 0.717) is 11.3 Å². The number of benzene rings is 1. The second kappa shape index (κ2) is 4.66. The average Bonchev–Trinajstić information content (AvgIpc) is 2.39. The minimum atomic E-state index is -0.0648. The Hall–Kier alpha value is -2.03. The van der Waals surface area contributed by atoms with Gasteiger partial charge in [-0.2, -0.15) is 0 Å². The van der Waals surface area contributed by atoms with E-state index in [2.05, 4.69) is 16.9 Å². The molecule has 0 atom stereocenters. The largest absolute Gasteiger partial charge is 0.287 e. The lowest BCUT2D eigenvalue weighted by molar-refractivity contribution is 0.103. The van der Waals surface area contributed by atoms with Crippen molar-refractivity contribution in [2.45, 2.75) is 13.3 Å². The van der Waals surface area contributed by atoms with Gasteiger partial charge in [0.05, 0.1) is 0 Å². The fourth-order valence-electron chi connectivity index (χ4n) is 1.46. The number of carbonyl (C=O) groups excluding carboxylic acids is 1. The maximum absolute atomic E-state index is 12.0. The molecule has 0 aliphatic carbocycles. The van der Waals surface area contributed by atoms with Crippen molar-refractivity contribution in [1.82, 2.24) is 9.97 Å². The van der Waals surface area contributed by atoms with Crippen LogP contribution in [0.5, 0.6) is 0 Å². The molecular weight excluding hydrogens is 200 g/mol. The summed E-state index contributed by atoms with van der Waals surface area (Å²) < 4.78 is 0. The number of nitrogens with zero attached hydrogens (tertiary/aromatic N) is 2. The highest BCUT2D eigenvalue weighted by atomic mass is 16.1. The summed E-state index contributed by atoms with van der Waals surface area (Å²) in [6.07, 6.45) is 3.93. The zero-order chi connectivity index (χ0) is 11.4. The first-order valence-corrected chi connectivity index (χ1v) is 5.21. The molecular formula is C13H12N2O. The van der Waals surface area contributed by atoms with Crippen LogP contribution < -0.4 is 0 Å². The Balaban J connectivity index is 2.28. The first-order valence-electron chi connectivity index (χ1n) is 5.21. The Kier molecular flexibility index (Phi) is 3.05. The maximum Gasteiger partial charge on any atom is 0.211 e. The van der Waals surface area contributed by atoms with E-state index in [9.17, 15) is 4.79 Å². The predicted octanol–water partition coefficient (Wildman–Crippen LogP) is 2.27. The monoisotopic (exact) mass is 212 g/mol. The van der Waals surface area contributed by atoms with Crippen LogP contribution in [0.1, 0.15) is 28.5 Å². The van der Waals surface area contributed by atoms with E-state index in [1.54, 1.807) is 12.3 Å². The lowest BCUT2D eigenvalue weighted by atomic mass is 10.1. The fraction of sp³-hybridized carbons (Fsp3) is 0.154. The molecule has 0 N–H and O–H groups in total. The molecule has 1 aromatic carbocycles. The zero-order valence-electron chi connectivity index (χ0n) is 9.05. The van der Waals surface area contributed by atoms with E-state index < -0.39 is 0 Å². The lowest BCUT2D eigenvalue weighted by Crippen LogP contribution is -2.03. The van der Waals surface area contributed by atoms with E-state index in [4.69, 9.17) is 0 Å². The van der Waals surface area contributed by atoms with Crippen molar-refractivity contribution >= 4 is 5.78 Å². The number of rotatable bonds is 3. The van der Waals surface area contributed by atoms with Crippen LogP contribution in [0.4, 0.5) is 0 Å². The van der Waals surface area contributed by atoms with Gasteiger partial charge >= 0.3 is 0 Å². The van der Waals surface area contributed by atoms with Gasteiger partial charge in [-0.25, -0.2) is 9.97 Å². The average molecular weight is 212 g/mol. The van der Waals surface area contributed by atoms with Gasteiger partial charge in [-0.15, -0.1) is 0 Å². The van der Waals surface area contributed by atoms with E-state index in [1.807, 2.05) is 24.3 Å². The number of ketones is 1. The first kappa shape index (κ1) is 10.5. The van der Waals surface area contributed by atoms with Crippen molar-refractivity contribution in [1.29, 1.82) is 0 Å². The summed E-state index contributed by atoms with van der Waals surface area (Å²) >= 11 is 0. The summed E-state index contributed by atoms with van der Waals surface area (Å²) in [6.45, 7) is 2.08. The summed E-state index contributed by atoms with van der Waals surface area (Å²) in [5, 5.41) is 0. The number of aromatic nitrogens is 2. The van der Waals surface area contributed by atoms with Crippen LogP contribution in [0, 0.1) is 0 Å². The second-order valence-electron chi connectivity index (χ2n) is 3.47. The maximum atomic E-state index is 12.0. The van der Waals surface area contributed by atoms with Crippen LogP contribution >= 0.6 is 0 Å². The molecule has 0 aliphatic heterocycles. The van der Waals surface area contributed by atoms with E-state index in [1.165, 1.54) is 11.9 Å². The molecule has 16 heavy (non-hydrogen) atoms. The number of aryl methyl sites for hydroxylation is 1. The van der Waals surface area contributed by atoms with Gasteiger partial charge in [-0.1, -0.05) is 31.2 Å². The van der Waals surface area contributed by atoms with Crippen molar-refractivity contribution in [3.05, 3.63) is 59.7 Å². The van der Waals surface area contributed by atoms with Gasteiger partial charge in [0.2, 0.25) is 5.78 Å². The Morgan fingerprint density at radius 3 is 2.50 bits per heavy atom. The quantitative estimate of drug-likeness (QED) is 0.733. The summed E-state index contributed by atoms with van der Waals surface area (Å²) in [4.78, 5) is 19.7. The normalized spacial score (nSPS) is 10.1. The predicted molar refractivity (Wildman–Crippen MR) is 61.3 cm³/mol. The van der Waals surface area contributed by atoms with Gasteiger partial charge in [0.1, 0.15) is 12.0 Å². The molecule has 2 aromatic rings. The van der Waals surface area contributed by atoms with Crippen LogP contribution in [0.3, 0.4) is 0 Å². The highest BCUT2D eigenvalue weighted by Crippen LogP contribution is 2.09. The second-order valence-corrected chi connectivity index (χ2v) is 3.47.